The van der Waals surface area contributed by atoms with Gasteiger partial charge in [-0.2, -0.15) is 0 Å². The molecule has 2 rings (SSSR count). The topological polar surface area (TPSA) is 42.0 Å². The van der Waals surface area contributed by atoms with Crippen LogP contribution in [0.1, 0.15) is 11.4 Å². The van der Waals surface area contributed by atoms with Crippen molar-refractivity contribution >= 4 is 38.9 Å². The molecule has 0 atom stereocenters. The zero-order chi connectivity index (χ0) is 12.1. The Labute approximate surface area is 112 Å². The molecule has 1 aromatic heterocycles. The van der Waals surface area contributed by atoms with Gasteiger partial charge in [0.25, 0.3) is 0 Å². The molecule has 0 aliphatic rings. The number of benzene rings is 1. The highest BCUT2D eigenvalue weighted by atomic mass is 79.9. The van der Waals surface area contributed by atoms with Gasteiger partial charge in [0.15, 0.2) is 0 Å². The smallest absolute Gasteiger partial charge is 0.224 e. The van der Waals surface area contributed by atoms with E-state index in [1.54, 1.807) is 17.5 Å². The summed E-state index contributed by atoms with van der Waals surface area (Å²) in [4.78, 5) is 15.8. The maximum atomic E-state index is 11.7. The van der Waals surface area contributed by atoms with E-state index < -0.39 is 0 Å². The largest absolute Gasteiger partial charge is 0.326 e. The van der Waals surface area contributed by atoms with Gasteiger partial charge in [-0.3, -0.25) is 4.79 Å². The Hall–Kier alpha value is -1.20. The molecule has 0 aliphatic carbocycles. The second kappa shape index (κ2) is 5.93. The summed E-state index contributed by atoms with van der Waals surface area (Å²) in [6, 6.07) is 7.55. The third-order valence-corrected chi connectivity index (χ3v) is 3.49. The second-order valence-electron chi connectivity index (χ2n) is 3.48. The van der Waals surface area contributed by atoms with Crippen LogP contribution in [-0.2, 0) is 11.2 Å². The fourth-order valence-corrected chi connectivity index (χ4v) is 2.41. The number of thiazole rings is 1. The Morgan fingerprint density at radius 3 is 3.06 bits per heavy atom. The fourth-order valence-electron chi connectivity index (χ4n) is 1.39. The summed E-state index contributed by atoms with van der Waals surface area (Å²) < 4.78 is 0.954. The Kier molecular flexibility index (Phi) is 4.28. The Morgan fingerprint density at radius 2 is 2.35 bits per heavy atom. The third kappa shape index (κ3) is 3.94. The molecule has 0 saturated carbocycles. The Morgan fingerprint density at radius 1 is 1.47 bits per heavy atom. The van der Waals surface area contributed by atoms with E-state index in [1.807, 2.05) is 29.6 Å². The van der Waals surface area contributed by atoms with E-state index in [0.29, 0.717) is 12.8 Å². The Balaban J connectivity index is 1.85. The molecule has 0 bridgehead atoms. The van der Waals surface area contributed by atoms with Crippen molar-refractivity contribution < 1.29 is 4.79 Å². The van der Waals surface area contributed by atoms with Gasteiger partial charge >= 0.3 is 0 Å². The van der Waals surface area contributed by atoms with Crippen molar-refractivity contribution in [2.45, 2.75) is 12.8 Å². The molecule has 1 amide bonds. The molecule has 0 fully saturated rings. The van der Waals surface area contributed by atoms with Gasteiger partial charge in [-0.25, -0.2) is 4.98 Å². The highest BCUT2D eigenvalue weighted by Gasteiger charge is 2.04. The molecule has 1 N–H and O–H groups in total. The van der Waals surface area contributed by atoms with Gasteiger partial charge in [0.1, 0.15) is 0 Å². The van der Waals surface area contributed by atoms with Crippen molar-refractivity contribution in [3.63, 3.8) is 0 Å². The average molecular weight is 311 g/mol. The molecule has 0 aliphatic heterocycles. The molecule has 1 heterocycles. The molecule has 0 radical (unpaired) electrons. The first-order valence-corrected chi connectivity index (χ1v) is 6.85. The van der Waals surface area contributed by atoms with Gasteiger partial charge in [0, 0.05) is 34.6 Å². The van der Waals surface area contributed by atoms with Gasteiger partial charge in [0.2, 0.25) is 5.91 Å². The quantitative estimate of drug-likeness (QED) is 0.939. The van der Waals surface area contributed by atoms with Gasteiger partial charge in [0.05, 0.1) is 5.01 Å². The molecule has 17 heavy (non-hydrogen) atoms. The van der Waals surface area contributed by atoms with Crippen LogP contribution in [0.4, 0.5) is 5.69 Å². The lowest BCUT2D eigenvalue weighted by atomic mass is 10.2. The minimum absolute atomic E-state index is 0.0123. The van der Waals surface area contributed by atoms with Crippen molar-refractivity contribution in [3.8, 4) is 0 Å². The molecule has 88 valence electrons. The number of nitrogens with zero attached hydrogens (tertiary/aromatic N) is 1. The number of aryl methyl sites for hydroxylation is 1. The van der Waals surface area contributed by atoms with Crippen molar-refractivity contribution in [2.75, 3.05) is 5.32 Å². The molecule has 0 saturated heterocycles. The van der Waals surface area contributed by atoms with E-state index in [9.17, 15) is 4.79 Å². The summed E-state index contributed by atoms with van der Waals surface area (Å²) in [7, 11) is 0. The molecule has 3 nitrogen and oxygen atoms in total. The predicted octanol–water partition coefficient (Wildman–Crippen LogP) is 3.48. The summed E-state index contributed by atoms with van der Waals surface area (Å²) in [5.41, 5.74) is 0.809. The van der Waals surface area contributed by atoms with E-state index >= 15 is 0 Å². The third-order valence-electron chi connectivity index (χ3n) is 2.16. The van der Waals surface area contributed by atoms with Crippen molar-refractivity contribution in [3.05, 3.63) is 45.3 Å². The number of nitrogens with one attached hydrogen (secondary N) is 1. The first kappa shape index (κ1) is 12.3. The number of aromatic nitrogens is 1. The van der Waals surface area contributed by atoms with Crippen LogP contribution in [0.2, 0.25) is 0 Å². The molecular weight excluding hydrogens is 300 g/mol. The van der Waals surface area contributed by atoms with Crippen LogP contribution in [-0.4, -0.2) is 10.9 Å². The second-order valence-corrected chi connectivity index (χ2v) is 5.38. The van der Waals surface area contributed by atoms with Crippen LogP contribution < -0.4 is 5.32 Å². The van der Waals surface area contributed by atoms with Gasteiger partial charge in [-0.05, 0) is 18.2 Å². The van der Waals surface area contributed by atoms with E-state index in [0.717, 1.165) is 15.2 Å². The monoisotopic (exact) mass is 310 g/mol. The lowest BCUT2D eigenvalue weighted by molar-refractivity contribution is -0.116. The summed E-state index contributed by atoms with van der Waals surface area (Å²) in [6.07, 6.45) is 2.91. The number of hydrogen-bond donors (Lipinski definition) is 1. The lowest BCUT2D eigenvalue weighted by Gasteiger charge is -2.04. The molecular formula is C12H11BrN2OS. The lowest BCUT2D eigenvalue weighted by Crippen LogP contribution is -2.12. The maximum absolute atomic E-state index is 11.7. The number of carbonyl (C=O) groups excluding carboxylic acids is 1. The summed E-state index contributed by atoms with van der Waals surface area (Å²) in [5, 5.41) is 5.77. The molecule has 0 unspecified atom stereocenters. The number of carbonyl (C=O) groups is 1. The molecule has 2 aromatic rings. The number of anilines is 1. The number of hydrogen-bond acceptors (Lipinski definition) is 3. The average Bonchev–Trinajstić information content (AvgIpc) is 2.79. The highest BCUT2D eigenvalue weighted by molar-refractivity contribution is 9.10. The zero-order valence-corrected chi connectivity index (χ0v) is 11.4. The summed E-state index contributed by atoms with van der Waals surface area (Å²) >= 11 is 4.94. The van der Waals surface area contributed by atoms with E-state index in [1.165, 1.54) is 0 Å². The molecule has 1 aromatic carbocycles. The minimum atomic E-state index is 0.0123. The number of amides is 1. The van der Waals surface area contributed by atoms with Crippen LogP contribution in [0.15, 0.2) is 40.3 Å². The first-order valence-electron chi connectivity index (χ1n) is 5.18. The summed E-state index contributed by atoms with van der Waals surface area (Å²) in [6.45, 7) is 0. The molecule has 0 spiro atoms. The van der Waals surface area contributed by atoms with E-state index in [2.05, 4.69) is 26.2 Å². The van der Waals surface area contributed by atoms with E-state index in [-0.39, 0.29) is 5.91 Å². The van der Waals surface area contributed by atoms with Crippen LogP contribution in [0.5, 0.6) is 0 Å². The normalized spacial score (nSPS) is 10.2. The standard InChI is InChI=1S/C12H11BrN2OS/c13-9-2-1-3-10(8-9)15-11(16)4-5-12-14-6-7-17-12/h1-3,6-8H,4-5H2,(H,15,16). The zero-order valence-electron chi connectivity index (χ0n) is 9.02. The van der Waals surface area contributed by atoms with Crippen LogP contribution >= 0.6 is 27.3 Å². The van der Waals surface area contributed by atoms with Gasteiger partial charge < -0.3 is 5.32 Å². The molecule has 5 heteroatoms. The van der Waals surface area contributed by atoms with Crippen molar-refractivity contribution in [1.82, 2.24) is 4.98 Å². The first-order chi connectivity index (χ1) is 8.24. The Bertz CT molecular complexity index is 499. The minimum Gasteiger partial charge on any atom is -0.326 e. The fraction of sp³-hybridized carbons (Fsp3) is 0.167. The highest BCUT2D eigenvalue weighted by Crippen LogP contribution is 2.16. The number of rotatable bonds is 4. The van der Waals surface area contributed by atoms with Gasteiger partial charge in [-0.15, -0.1) is 11.3 Å². The van der Waals surface area contributed by atoms with Crippen LogP contribution in [0.25, 0.3) is 0 Å². The maximum Gasteiger partial charge on any atom is 0.224 e. The SMILES string of the molecule is O=C(CCc1nccs1)Nc1cccc(Br)c1. The predicted molar refractivity (Wildman–Crippen MR) is 73.2 cm³/mol. The van der Waals surface area contributed by atoms with Gasteiger partial charge in [-0.1, -0.05) is 22.0 Å². The van der Waals surface area contributed by atoms with Crippen molar-refractivity contribution in [2.24, 2.45) is 0 Å². The number of halogens is 1. The van der Waals surface area contributed by atoms with E-state index in [4.69, 9.17) is 0 Å². The summed E-state index contributed by atoms with van der Waals surface area (Å²) in [5.74, 6) is 0.0123. The van der Waals surface area contributed by atoms with Crippen LogP contribution in [0, 0.1) is 0 Å². The van der Waals surface area contributed by atoms with Crippen molar-refractivity contribution in [1.29, 1.82) is 0 Å². The van der Waals surface area contributed by atoms with Crippen LogP contribution in [0.3, 0.4) is 0 Å².